The van der Waals surface area contributed by atoms with Gasteiger partial charge >= 0.3 is 0 Å². The Morgan fingerprint density at radius 1 is 1.38 bits per heavy atom. The van der Waals surface area contributed by atoms with Gasteiger partial charge in [-0.2, -0.15) is 5.10 Å². The number of likely N-dealkylation sites (tertiary alicyclic amines) is 1. The fraction of sp³-hybridized carbons (Fsp3) is 0.643. The van der Waals surface area contributed by atoms with E-state index in [2.05, 4.69) is 10.4 Å². The number of carbonyl (C=O) groups is 1. The number of nitrogens with zero attached hydrogens (tertiary/aromatic N) is 3. The maximum atomic E-state index is 12.5. The van der Waals surface area contributed by atoms with Crippen molar-refractivity contribution >= 4 is 23.2 Å². The first-order valence-corrected chi connectivity index (χ1v) is 7.71. The van der Waals surface area contributed by atoms with Gasteiger partial charge in [-0.25, -0.2) is 4.68 Å². The van der Waals surface area contributed by atoms with Crippen LogP contribution in [0.3, 0.4) is 0 Å². The smallest absolute Gasteiger partial charge is 0.291 e. The molecule has 1 aliphatic heterocycles. The lowest BCUT2D eigenvalue weighted by molar-refractivity contribution is -0.127. The first-order valence-electron chi connectivity index (χ1n) is 7.33. The van der Waals surface area contributed by atoms with Crippen LogP contribution in [0.5, 0.6) is 0 Å². The third kappa shape index (κ3) is 2.77. The average Bonchev–Trinajstić information content (AvgIpc) is 2.72. The lowest BCUT2D eigenvalue weighted by atomic mass is 9.85. The number of rotatable bonds is 4. The summed E-state index contributed by atoms with van der Waals surface area (Å²) in [7, 11) is 1.76. The molecule has 2 heterocycles. The highest BCUT2D eigenvalue weighted by atomic mass is 35.5. The number of anilines is 1. The summed E-state index contributed by atoms with van der Waals surface area (Å²) in [4.78, 5) is 26.1. The van der Waals surface area contributed by atoms with Gasteiger partial charge in [-0.1, -0.05) is 18.0 Å². The topological polar surface area (TPSA) is 67.2 Å². The highest BCUT2D eigenvalue weighted by Gasteiger charge is 2.30. The van der Waals surface area contributed by atoms with Gasteiger partial charge in [0, 0.05) is 20.1 Å². The maximum absolute atomic E-state index is 12.5. The zero-order valence-corrected chi connectivity index (χ0v) is 12.8. The molecule has 1 unspecified atom stereocenters. The summed E-state index contributed by atoms with van der Waals surface area (Å²) in [5.74, 6) is 0.524. The molecule has 0 aromatic carbocycles. The second-order valence-electron chi connectivity index (χ2n) is 5.90. The number of hydrogen-bond donors (Lipinski definition) is 1. The molecule has 6 nitrogen and oxygen atoms in total. The second-order valence-corrected chi connectivity index (χ2v) is 6.30. The van der Waals surface area contributed by atoms with E-state index >= 15 is 0 Å². The van der Waals surface area contributed by atoms with Crippen LogP contribution in [0.4, 0.5) is 5.69 Å². The zero-order chi connectivity index (χ0) is 15.0. The highest BCUT2D eigenvalue weighted by molar-refractivity contribution is 6.33. The minimum atomic E-state index is -0.375. The van der Waals surface area contributed by atoms with E-state index in [0.717, 1.165) is 12.8 Å². The average molecular weight is 311 g/mol. The predicted molar refractivity (Wildman–Crippen MR) is 80.5 cm³/mol. The van der Waals surface area contributed by atoms with Crippen molar-refractivity contribution in [1.82, 2.24) is 14.7 Å². The SMILES string of the molecule is CN1CCC(Nc2c(Cl)cnn(CC3CCC3)c2=O)C1=O. The largest absolute Gasteiger partial charge is 0.368 e. The van der Waals surface area contributed by atoms with Crippen LogP contribution in [0.25, 0.3) is 0 Å². The number of carbonyl (C=O) groups excluding carboxylic acids is 1. The van der Waals surface area contributed by atoms with Gasteiger partial charge in [-0.05, 0) is 25.2 Å². The van der Waals surface area contributed by atoms with E-state index in [1.807, 2.05) is 0 Å². The van der Waals surface area contributed by atoms with Crippen LogP contribution in [-0.2, 0) is 11.3 Å². The molecule has 1 aliphatic carbocycles. The molecule has 0 bridgehead atoms. The van der Waals surface area contributed by atoms with Crippen molar-refractivity contribution < 1.29 is 4.79 Å². The fourth-order valence-corrected chi connectivity index (χ4v) is 2.96. The minimum absolute atomic E-state index is 0.00665. The van der Waals surface area contributed by atoms with E-state index in [-0.39, 0.29) is 22.5 Å². The summed E-state index contributed by atoms with van der Waals surface area (Å²) in [6.07, 6.45) is 5.67. The predicted octanol–water partition coefficient (Wildman–Crippen LogP) is 1.34. The van der Waals surface area contributed by atoms with E-state index < -0.39 is 0 Å². The van der Waals surface area contributed by atoms with Crippen molar-refractivity contribution in [3.63, 3.8) is 0 Å². The summed E-state index contributed by atoms with van der Waals surface area (Å²) < 4.78 is 1.46. The summed E-state index contributed by atoms with van der Waals surface area (Å²) in [6.45, 7) is 1.32. The molecule has 7 heteroatoms. The number of aromatic nitrogens is 2. The van der Waals surface area contributed by atoms with Crippen LogP contribution in [0.2, 0.25) is 5.02 Å². The molecule has 114 valence electrons. The fourth-order valence-electron chi connectivity index (χ4n) is 2.78. The molecule has 0 radical (unpaired) electrons. The Labute approximate surface area is 128 Å². The van der Waals surface area contributed by atoms with Gasteiger partial charge in [0.1, 0.15) is 11.7 Å². The van der Waals surface area contributed by atoms with E-state index in [1.54, 1.807) is 11.9 Å². The van der Waals surface area contributed by atoms with Crippen molar-refractivity contribution in [1.29, 1.82) is 0 Å². The van der Waals surface area contributed by atoms with Gasteiger partial charge in [-0.15, -0.1) is 0 Å². The molecule has 1 aromatic rings. The van der Waals surface area contributed by atoms with Crippen LogP contribution >= 0.6 is 11.6 Å². The van der Waals surface area contributed by atoms with E-state index in [0.29, 0.717) is 31.1 Å². The van der Waals surface area contributed by atoms with Gasteiger partial charge < -0.3 is 10.2 Å². The van der Waals surface area contributed by atoms with Crippen molar-refractivity contribution in [2.24, 2.45) is 5.92 Å². The van der Waals surface area contributed by atoms with E-state index in [9.17, 15) is 9.59 Å². The Balaban J connectivity index is 1.82. The molecule has 1 aromatic heterocycles. The van der Waals surface area contributed by atoms with Crippen LogP contribution in [-0.4, -0.2) is 40.2 Å². The van der Waals surface area contributed by atoms with Gasteiger partial charge in [0.2, 0.25) is 5.91 Å². The van der Waals surface area contributed by atoms with Crippen molar-refractivity contribution in [2.75, 3.05) is 18.9 Å². The maximum Gasteiger partial charge on any atom is 0.291 e. The lowest BCUT2D eigenvalue weighted by Gasteiger charge is -2.25. The molecule has 21 heavy (non-hydrogen) atoms. The molecule has 1 saturated carbocycles. The number of amides is 1. The monoisotopic (exact) mass is 310 g/mol. The summed E-state index contributed by atoms with van der Waals surface area (Å²) >= 11 is 6.09. The number of halogens is 1. The Bertz CT molecular complexity index is 611. The molecule has 2 aliphatic rings. The second kappa shape index (κ2) is 5.67. The van der Waals surface area contributed by atoms with Crippen LogP contribution in [0.15, 0.2) is 11.0 Å². The molecular weight excluding hydrogens is 292 g/mol. The van der Waals surface area contributed by atoms with E-state index in [1.165, 1.54) is 17.3 Å². The molecule has 1 saturated heterocycles. The molecule has 1 amide bonds. The molecule has 1 N–H and O–H groups in total. The third-order valence-corrected chi connectivity index (χ3v) is 4.69. The van der Waals surface area contributed by atoms with Crippen molar-refractivity contribution in [3.8, 4) is 0 Å². The quantitative estimate of drug-likeness (QED) is 0.911. The Morgan fingerprint density at radius 2 is 2.14 bits per heavy atom. The van der Waals surface area contributed by atoms with Crippen molar-refractivity contribution in [3.05, 3.63) is 21.6 Å². The van der Waals surface area contributed by atoms with Gasteiger partial charge in [0.05, 0.1) is 11.2 Å². The number of nitrogens with one attached hydrogen (secondary N) is 1. The van der Waals surface area contributed by atoms with Crippen LogP contribution in [0.1, 0.15) is 25.7 Å². The first-order chi connectivity index (χ1) is 10.1. The Hall–Kier alpha value is -1.56. The molecule has 0 spiro atoms. The summed E-state index contributed by atoms with van der Waals surface area (Å²) in [5.41, 5.74) is 0.0522. The first kappa shape index (κ1) is 14.4. The molecule has 3 rings (SSSR count). The molecule has 2 fully saturated rings. The highest BCUT2D eigenvalue weighted by Crippen LogP contribution is 2.27. The standard InChI is InChI=1S/C14H19ClN4O2/c1-18-6-5-11(13(18)20)17-12-10(15)7-16-19(14(12)21)8-9-3-2-4-9/h7,9,11,17H,2-6,8H2,1H3. The zero-order valence-electron chi connectivity index (χ0n) is 12.0. The van der Waals surface area contributed by atoms with Crippen LogP contribution < -0.4 is 10.9 Å². The lowest BCUT2D eigenvalue weighted by Crippen LogP contribution is -2.36. The molecular formula is C14H19ClN4O2. The number of hydrogen-bond acceptors (Lipinski definition) is 4. The summed E-state index contributed by atoms with van der Waals surface area (Å²) in [5, 5.41) is 7.39. The van der Waals surface area contributed by atoms with Gasteiger partial charge in [0.15, 0.2) is 0 Å². The normalized spacial score (nSPS) is 22.5. The van der Waals surface area contributed by atoms with Crippen LogP contribution in [0, 0.1) is 5.92 Å². The van der Waals surface area contributed by atoms with E-state index in [4.69, 9.17) is 11.6 Å². The third-order valence-electron chi connectivity index (χ3n) is 4.40. The van der Waals surface area contributed by atoms with Gasteiger partial charge in [-0.3, -0.25) is 9.59 Å². The van der Waals surface area contributed by atoms with Crippen molar-refractivity contribution in [2.45, 2.75) is 38.3 Å². The summed E-state index contributed by atoms with van der Waals surface area (Å²) in [6, 6.07) is -0.375. The number of likely N-dealkylation sites (N-methyl/N-ethyl adjacent to an activating group) is 1. The molecule has 1 atom stereocenters. The Kier molecular flexibility index (Phi) is 3.89. The minimum Gasteiger partial charge on any atom is -0.368 e. The van der Waals surface area contributed by atoms with Gasteiger partial charge in [0.25, 0.3) is 5.56 Å². The Morgan fingerprint density at radius 3 is 2.71 bits per heavy atom.